The number of rotatable bonds is 5. The van der Waals surface area contributed by atoms with Crippen molar-refractivity contribution in [3.63, 3.8) is 0 Å². The molecule has 0 aliphatic carbocycles. The molecule has 1 N–H and O–H groups in total. The molecule has 0 radical (unpaired) electrons. The minimum Gasteiger partial charge on any atom is -0.457 e. The molecule has 2 amide bonds. The molecule has 1 fully saturated rings. The van der Waals surface area contributed by atoms with Gasteiger partial charge in [0.15, 0.2) is 0 Å². The molecule has 3 aromatic rings. The predicted molar refractivity (Wildman–Crippen MR) is 110 cm³/mol. The van der Waals surface area contributed by atoms with Crippen molar-refractivity contribution in [2.45, 2.75) is 12.8 Å². The normalized spacial score (nSPS) is 13.2. The summed E-state index contributed by atoms with van der Waals surface area (Å²) in [5.41, 5.74) is 1.41. The predicted octanol–water partition coefficient (Wildman–Crippen LogP) is 4.36. The number of carbonyl (C=O) groups is 2. The largest absolute Gasteiger partial charge is 0.457 e. The highest BCUT2D eigenvalue weighted by atomic mass is 16.5. The summed E-state index contributed by atoms with van der Waals surface area (Å²) in [5, 5.41) is 2.83. The van der Waals surface area contributed by atoms with Gasteiger partial charge in [-0.2, -0.15) is 0 Å². The van der Waals surface area contributed by atoms with Crippen LogP contribution in [0.25, 0.3) is 0 Å². The number of aromatic nitrogens is 1. The smallest absolute Gasteiger partial charge is 0.257 e. The molecule has 0 unspecified atom stereocenters. The monoisotopic (exact) mass is 387 g/mol. The Labute approximate surface area is 169 Å². The second-order valence-electron chi connectivity index (χ2n) is 6.86. The fourth-order valence-corrected chi connectivity index (χ4v) is 3.22. The molecule has 6 heteroatoms. The molecule has 1 saturated heterocycles. The number of ether oxygens (including phenoxy) is 1. The van der Waals surface area contributed by atoms with Crippen molar-refractivity contribution in [2.75, 3.05) is 18.4 Å². The summed E-state index contributed by atoms with van der Waals surface area (Å²) >= 11 is 0. The molecule has 1 aromatic heterocycles. The Hall–Kier alpha value is -3.67. The van der Waals surface area contributed by atoms with Gasteiger partial charge in [-0.05, 0) is 55.3 Å². The Morgan fingerprint density at radius 3 is 2.24 bits per heavy atom. The molecular formula is C23H21N3O3. The molecule has 1 aliphatic rings. The van der Waals surface area contributed by atoms with Gasteiger partial charge < -0.3 is 15.0 Å². The number of hydrogen-bond acceptors (Lipinski definition) is 4. The molecule has 2 aromatic carbocycles. The molecule has 6 nitrogen and oxygen atoms in total. The first kappa shape index (κ1) is 18.7. The summed E-state index contributed by atoms with van der Waals surface area (Å²) in [7, 11) is 0. The third-order valence-corrected chi connectivity index (χ3v) is 4.73. The van der Waals surface area contributed by atoms with E-state index in [1.165, 1.54) is 12.4 Å². The van der Waals surface area contributed by atoms with E-state index in [1.54, 1.807) is 35.2 Å². The minimum atomic E-state index is -0.315. The summed E-state index contributed by atoms with van der Waals surface area (Å²) in [6, 6.07) is 18.2. The van der Waals surface area contributed by atoms with Gasteiger partial charge >= 0.3 is 0 Å². The van der Waals surface area contributed by atoms with Crippen LogP contribution in [0.4, 0.5) is 5.69 Å². The van der Waals surface area contributed by atoms with E-state index < -0.39 is 0 Å². The Balaban J connectivity index is 1.41. The highest BCUT2D eigenvalue weighted by Gasteiger charge is 2.20. The lowest BCUT2D eigenvalue weighted by atomic mass is 10.1. The van der Waals surface area contributed by atoms with Gasteiger partial charge in [0, 0.05) is 31.2 Å². The number of para-hydroxylation sites is 1. The van der Waals surface area contributed by atoms with Crippen LogP contribution in [0.15, 0.2) is 73.1 Å². The first-order chi connectivity index (χ1) is 14.2. The number of pyridine rings is 1. The van der Waals surface area contributed by atoms with Crippen molar-refractivity contribution in [3.05, 3.63) is 84.2 Å². The van der Waals surface area contributed by atoms with E-state index >= 15 is 0 Å². The fourth-order valence-electron chi connectivity index (χ4n) is 3.22. The second kappa shape index (κ2) is 8.56. The number of likely N-dealkylation sites (tertiary alicyclic amines) is 1. The van der Waals surface area contributed by atoms with Gasteiger partial charge in [-0.25, -0.2) is 0 Å². The van der Waals surface area contributed by atoms with Crippen LogP contribution >= 0.6 is 0 Å². The van der Waals surface area contributed by atoms with Crippen molar-refractivity contribution in [1.82, 2.24) is 9.88 Å². The van der Waals surface area contributed by atoms with Gasteiger partial charge in [0.05, 0.1) is 11.1 Å². The summed E-state index contributed by atoms with van der Waals surface area (Å²) in [5.74, 6) is 1.03. The maximum atomic E-state index is 12.6. The molecule has 0 bridgehead atoms. The second-order valence-corrected chi connectivity index (χ2v) is 6.86. The molecule has 2 heterocycles. The summed E-state index contributed by atoms with van der Waals surface area (Å²) < 4.78 is 5.75. The van der Waals surface area contributed by atoms with Crippen LogP contribution < -0.4 is 10.1 Å². The molecule has 4 rings (SSSR count). The highest BCUT2D eigenvalue weighted by molar-refractivity contribution is 6.05. The third kappa shape index (κ3) is 4.60. The number of nitrogens with one attached hydrogen (secondary N) is 1. The number of amides is 2. The van der Waals surface area contributed by atoms with Crippen LogP contribution in [0, 0.1) is 0 Å². The van der Waals surface area contributed by atoms with E-state index in [4.69, 9.17) is 4.74 Å². The average molecular weight is 387 g/mol. The average Bonchev–Trinajstić information content (AvgIpc) is 3.30. The lowest BCUT2D eigenvalue weighted by Gasteiger charge is -2.15. The first-order valence-corrected chi connectivity index (χ1v) is 9.58. The maximum absolute atomic E-state index is 12.6. The maximum Gasteiger partial charge on any atom is 0.257 e. The van der Waals surface area contributed by atoms with Crippen LogP contribution in [-0.4, -0.2) is 34.8 Å². The molecule has 29 heavy (non-hydrogen) atoms. The molecular weight excluding hydrogens is 366 g/mol. The molecule has 146 valence electrons. The van der Waals surface area contributed by atoms with E-state index in [9.17, 15) is 9.59 Å². The zero-order valence-corrected chi connectivity index (χ0v) is 15.9. The van der Waals surface area contributed by atoms with Crippen LogP contribution in [0.5, 0.6) is 11.5 Å². The fraction of sp³-hybridized carbons (Fsp3) is 0.174. The van der Waals surface area contributed by atoms with Crippen LogP contribution in [0.3, 0.4) is 0 Å². The van der Waals surface area contributed by atoms with Gasteiger partial charge in [0.25, 0.3) is 11.8 Å². The van der Waals surface area contributed by atoms with Crippen molar-refractivity contribution >= 4 is 17.5 Å². The number of carbonyl (C=O) groups excluding carboxylic acids is 2. The topological polar surface area (TPSA) is 71.5 Å². The Morgan fingerprint density at radius 2 is 1.52 bits per heavy atom. The number of hydrogen-bond donors (Lipinski definition) is 1. The van der Waals surface area contributed by atoms with Gasteiger partial charge in [0.1, 0.15) is 11.5 Å². The van der Waals surface area contributed by atoms with E-state index in [2.05, 4.69) is 10.3 Å². The number of benzene rings is 2. The van der Waals surface area contributed by atoms with Gasteiger partial charge in [0.2, 0.25) is 0 Å². The van der Waals surface area contributed by atoms with Crippen LogP contribution in [-0.2, 0) is 0 Å². The standard InChI is InChI=1S/C23H21N3O3/c27-22(17-14-18(16-24-15-17)23(28)26-12-4-5-13-26)25-19-8-10-21(11-9-19)29-20-6-2-1-3-7-20/h1-3,6-11,14-16H,4-5,12-13H2,(H,25,27). The molecule has 0 atom stereocenters. The Morgan fingerprint density at radius 1 is 0.862 bits per heavy atom. The van der Waals surface area contributed by atoms with E-state index in [0.29, 0.717) is 22.6 Å². The zero-order chi connectivity index (χ0) is 20.1. The number of nitrogens with zero attached hydrogens (tertiary/aromatic N) is 2. The lowest BCUT2D eigenvalue weighted by Crippen LogP contribution is -2.28. The lowest BCUT2D eigenvalue weighted by molar-refractivity contribution is 0.0792. The van der Waals surface area contributed by atoms with Crippen molar-refractivity contribution in [1.29, 1.82) is 0 Å². The zero-order valence-electron chi connectivity index (χ0n) is 15.9. The Kier molecular flexibility index (Phi) is 5.52. The third-order valence-electron chi connectivity index (χ3n) is 4.73. The van der Waals surface area contributed by atoms with E-state index in [1.807, 2.05) is 30.3 Å². The van der Waals surface area contributed by atoms with Crippen LogP contribution in [0.2, 0.25) is 0 Å². The Bertz CT molecular complexity index is 997. The van der Waals surface area contributed by atoms with Crippen molar-refractivity contribution in [2.24, 2.45) is 0 Å². The highest BCUT2D eigenvalue weighted by Crippen LogP contribution is 2.23. The number of anilines is 1. The van der Waals surface area contributed by atoms with Crippen molar-refractivity contribution in [3.8, 4) is 11.5 Å². The molecule has 0 saturated carbocycles. The van der Waals surface area contributed by atoms with Crippen LogP contribution in [0.1, 0.15) is 33.6 Å². The van der Waals surface area contributed by atoms with E-state index in [0.717, 1.165) is 31.7 Å². The van der Waals surface area contributed by atoms with Gasteiger partial charge in [-0.1, -0.05) is 18.2 Å². The molecule has 0 spiro atoms. The summed E-state index contributed by atoms with van der Waals surface area (Å²) in [6.45, 7) is 1.51. The molecule has 1 aliphatic heterocycles. The quantitative estimate of drug-likeness (QED) is 0.706. The van der Waals surface area contributed by atoms with E-state index in [-0.39, 0.29) is 11.8 Å². The van der Waals surface area contributed by atoms with Gasteiger partial charge in [-0.15, -0.1) is 0 Å². The SMILES string of the molecule is O=C(Nc1ccc(Oc2ccccc2)cc1)c1cncc(C(=O)N2CCCC2)c1. The summed E-state index contributed by atoms with van der Waals surface area (Å²) in [4.78, 5) is 31.0. The van der Waals surface area contributed by atoms with Crippen molar-refractivity contribution < 1.29 is 14.3 Å². The minimum absolute atomic E-state index is 0.0768. The van der Waals surface area contributed by atoms with Gasteiger partial charge in [-0.3, -0.25) is 14.6 Å². The first-order valence-electron chi connectivity index (χ1n) is 9.58. The summed E-state index contributed by atoms with van der Waals surface area (Å²) in [6.07, 6.45) is 5.00.